The SMILES string of the molecule is CN(C)Cc1c(C(=O)N2CCN(c3ccc(F)cc3)CC2)nc2ccccn12. The van der Waals surface area contributed by atoms with Crippen LogP contribution < -0.4 is 4.90 Å². The van der Waals surface area contributed by atoms with Gasteiger partial charge in [-0.25, -0.2) is 9.37 Å². The van der Waals surface area contributed by atoms with Crippen LogP contribution in [0.5, 0.6) is 0 Å². The van der Waals surface area contributed by atoms with Gasteiger partial charge < -0.3 is 19.1 Å². The molecule has 0 saturated carbocycles. The first-order chi connectivity index (χ1) is 13.5. The van der Waals surface area contributed by atoms with Crippen LogP contribution in [0.25, 0.3) is 5.65 Å². The summed E-state index contributed by atoms with van der Waals surface area (Å²) in [6.07, 6.45) is 1.95. The summed E-state index contributed by atoms with van der Waals surface area (Å²) in [5, 5.41) is 0. The average Bonchev–Trinajstić information content (AvgIpc) is 3.06. The van der Waals surface area contributed by atoms with E-state index in [-0.39, 0.29) is 11.7 Å². The zero-order chi connectivity index (χ0) is 19.7. The lowest BCUT2D eigenvalue weighted by atomic mass is 10.2. The van der Waals surface area contributed by atoms with Gasteiger partial charge in [0, 0.05) is 44.6 Å². The highest BCUT2D eigenvalue weighted by Gasteiger charge is 2.27. The highest BCUT2D eigenvalue weighted by Crippen LogP contribution is 2.20. The highest BCUT2D eigenvalue weighted by molar-refractivity contribution is 5.94. The second kappa shape index (κ2) is 7.59. The number of fused-ring (bicyclic) bond motifs is 1. The molecule has 3 aromatic rings. The second-order valence-corrected chi connectivity index (χ2v) is 7.33. The molecule has 1 aliphatic rings. The van der Waals surface area contributed by atoms with E-state index in [1.807, 2.05) is 52.7 Å². The lowest BCUT2D eigenvalue weighted by Crippen LogP contribution is -2.49. The first-order valence-electron chi connectivity index (χ1n) is 9.43. The van der Waals surface area contributed by atoms with E-state index < -0.39 is 0 Å². The Morgan fingerprint density at radius 2 is 1.79 bits per heavy atom. The van der Waals surface area contributed by atoms with E-state index in [9.17, 15) is 9.18 Å². The number of imidazole rings is 1. The van der Waals surface area contributed by atoms with E-state index in [0.717, 1.165) is 17.0 Å². The molecule has 0 atom stereocenters. The predicted molar refractivity (Wildman–Crippen MR) is 107 cm³/mol. The van der Waals surface area contributed by atoms with E-state index in [1.165, 1.54) is 12.1 Å². The van der Waals surface area contributed by atoms with Crippen molar-refractivity contribution >= 4 is 17.2 Å². The van der Waals surface area contributed by atoms with Gasteiger partial charge in [0.1, 0.15) is 11.5 Å². The summed E-state index contributed by atoms with van der Waals surface area (Å²) in [7, 11) is 3.97. The largest absolute Gasteiger partial charge is 0.368 e. The highest BCUT2D eigenvalue weighted by atomic mass is 19.1. The lowest BCUT2D eigenvalue weighted by molar-refractivity contribution is 0.0739. The first kappa shape index (κ1) is 18.4. The molecule has 0 N–H and O–H groups in total. The molecule has 1 amide bonds. The Kier molecular flexibility index (Phi) is 5.00. The molecule has 0 unspecified atom stereocenters. The Morgan fingerprint density at radius 1 is 1.07 bits per heavy atom. The molecule has 1 aliphatic heterocycles. The fourth-order valence-electron chi connectivity index (χ4n) is 3.64. The van der Waals surface area contributed by atoms with Crippen molar-refractivity contribution < 1.29 is 9.18 Å². The number of amides is 1. The molecule has 4 rings (SSSR count). The van der Waals surface area contributed by atoms with Gasteiger partial charge in [-0.15, -0.1) is 0 Å². The van der Waals surface area contributed by atoms with Crippen LogP contribution in [0.3, 0.4) is 0 Å². The van der Waals surface area contributed by atoms with Crippen molar-refractivity contribution in [1.82, 2.24) is 19.2 Å². The van der Waals surface area contributed by atoms with Crippen molar-refractivity contribution in [3.63, 3.8) is 0 Å². The van der Waals surface area contributed by atoms with Gasteiger partial charge >= 0.3 is 0 Å². The van der Waals surface area contributed by atoms with E-state index in [0.29, 0.717) is 38.4 Å². The second-order valence-electron chi connectivity index (χ2n) is 7.33. The van der Waals surface area contributed by atoms with E-state index in [1.54, 1.807) is 12.1 Å². The lowest BCUT2D eigenvalue weighted by Gasteiger charge is -2.36. The Labute approximate surface area is 163 Å². The predicted octanol–water partition coefficient (Wildman–Crippen LogP) is 2.50. The van der Waals surface area contributed by atoms with Crippen LogP contribution >= 0.6 is 0 Å². The third-order valence-electron chi connectivity index (χ3n) is 5.06. The van der Waals surface area contributed by atoms with Crippen molar-refractivity contribution in [3.8, 4) is 0 Å². The number of halogens is 1. The molecular formula is C21H24FN5O. The maximum Gasteiger partial charge on any atom is 0.274 e. The summed E-state index contributed by atoms with van der Waals surface area (Å²) >= 11 is 0. The summed E-state index contributed by atoms with van der Waals surface area (Å²) in [5.41, 5.74) is 3.20. The molecule has 0 aliphatic carbocycles. The van der Waals surface area contributed by atoms with Crippen molar-refractivity contribution in [3.05, 3.63) is 65.9 Å². The van der Waals surface area contributed by atoms with E-state index >= 15 is 0 Å². The molecule has 1 saturated heterocycles. The van der Waals surface area contributed by atoms with Crippen molar-refractivity contribution in [2.75, 3.05) is 45.2 Å². The third-order valence-corrected chi connectivity index (χ3v) is 5.06. The molecule has 2 aromatic heterocycles. The van der Waals surface area contributed by atoms with Crippen LogP contribution in [0.4, 0.5) is 10.1 Å². The number of pyridine rings is 1. The number of carbonyl (C=O) groups is 1. The smallest absolute Gasteiger partial charge is 0.274 e. The normalized spacial score (nSPS) is 14.9. The Morgan fingerprint density at radius 3 is 2.46 bits per heavy atom. The molecule has 0 bridgehead atoms. The molecule has 28 heavy (non-hydrogen) atoms. The fraction of sp³-hybridized carbons (Fsp3) is 0.333. The minimum absolute atomic E-state index is 0.0284. The summed E-state index contributed by atoms with van der Waals surface area (Å²) in [4.78, 5) is 23.9. The number of aromatic nitrogens is 2. The van der Waals surface area contributed by atoms with Crippen LogP contribution in [0, 0.1) is 5.82 Å². The molecule has 1 fully saturated rings. The van der Waals surface area contributed by atoms with Crippen molar-refractivity contribution in [2.45, 2.75) is 6.54 Å². The molecular weight excluding hydrogens is 357 g/mol. The minimum Gasteiger partial charge on any atom is -0.368 e. The Bertz CT molecular complexity index is 974. The number of hydrogen-bond donors (Lipinski definition) is 0. The molecule has 7 heteroatoms. The average molecular weight is 381 g/mol. The van der Waals surface area contributed by atoms with E-state index in [4.69, 9.17) is 0 Å². The summed E-state index contributed by atoms with van der Waals surface area (Å²) < 4.78 is 15.1. The van der Waals surface area contributed by atoms with Gasteiger partial charge in [-0.1, -0.05) is 6.07 Å². The van der Waals surface area contributed by atoms with Crippen LogP contribution in [0.15, 0.2) is 48.7 Å². The van der Waals surface area contributed by atoms with Crippen molar-refractivity contribution in [1.29, 1.82) is 0 Å². The van der Waals surface area contributed by atoms with Crippen LogP contribution in [-0.2, 0) is 6.54 Å². The number of piperazine rings is 1. The van der Waals surface area contributed by atoms with Gasteiger partial charge in [0.05, 0.1) is 5.69 Å². The van der Waals surface area contributed by atoms with Crippen LogP contribution in [-0.4, -0.2) is 65.4 Å². The quantitative estimate of drug-likeness (QED) is 0.697. The van der Waals surface area contributed by atoms with Crippen LogP contribution in [0.2, 0.25) is 0 Å². The Balaban J connectivity index is 1.53. The number of rotatable bonds is 4. The van der Waals surface area contributed by atoms with E-state index in [2.05, 4.69) is 9.88 Å². The topological polar surface area (TPSA) is 44.1 Å². The molecule has 0 radical (unpaired) electrons. The minimum atomic E-state index is -0.238. The maximum absolute atomic E-state index is 13.2. The molecule has 3 heterocycles. The van der Waals surface area contributed by atoms with Gasteiger partial charge in [0.15, 0.2) is 5.69 Å². The zero-order valence-corrected chi connectivity index (χ0v) is 16.2. The number of carbonyl (C=O) groups excluding carboxylic acids is 1. The van der Waals surface area contributed by atoms with Gasteiger partial charge in [-0.3, -0.25) is 4.79 Å². The van der Waals surface area contributed by atoms with Crippen molar-refractivity contribution in [2.24, 2.45) is 0 Å². The standard InChI is InChI=1S/C21H24FN5O/c1-24(2)15-18-20(23-19-5-3-4-10-27(18)19)21(28)26-13-11-25(12-14-26)17-8-6-16(22)7-9-17/h3-10H,11-15H2,1-2H3. The van der Waals surface area contributed by atoms with Gasteiger partial charge in [-0.05, 0) is 50.5 Å². The molecule has 1 aromatic carbocycles. The number of benzene rings is 1. The zero-order valence-electron chi connectivity index (χ0n) is 16.2. The van der Waals surface area contributed by atoms with Crippen LogP contribution in [0.1, 0.15) is 16.2 Å². The molecule has 0 spiro atoms. The fourth-order valence-corrected chi connectivity index (χ4v) is 3.64. The Hall–Kier alpha value is -2.93. The maximum atomic E-state index is 13.2. The molecule has 6 nitrogen and oxygen atoms in total. The van der Waals surface area contributed by atoms with Gasteiger partial charge in [-0.2, -0.15) is 0 Å². The van der Waals surface area contributed by atoms with Gasteiger partial charge in [0.2, 0.25) is 0 Å². The monoisotopic (exact) mass is 381 g/mol. The van der Waals surface area contributed by atoms with Gasteiger partial charge in [0.25, 0.3) is 5.91 Å². The summed E-state index contributed by atoms with van der Waals surface area (Å²) in [5.74, 6) is -0.267. The summed E-state index contributed by atoms with van der Waals surface area (Å²) in [6, 6.07) is 12.3. The molecule has 146 valence electrons. The number of hydrogen-bond acceptors (Lipinski definition) is 4. The number of anilines is 1. The third kappa shape index (κ3) is 3.57. The summed E-state index contributed by atoms with van der Waals surface area (Å²) in [6.45, 7) is 3.31. The number of nitrogens with zero attached hydrogens (tertiary/aromatic N) is 5. The first-order valence-corrected chi connectivity index (χ1v) is 9.43.